The number of nitrogens with one attached hydrogen (secondary N) is 1. The Morgan fingerprint density at radius 3 is 2.62 bits per heavy atom. The minimum Gasteiger partial charge on any atom is -0.467 e. The van der Waals surface area contributed by atoms with Crippen LogP contribution in [0.1, 0.15) is 16.8 Å². The van der Waals surface area contributed by atoms with Crippen molar-refractivity contribution in [2.45, 2.75) is 12.5 Å². The molecule has 1 unspecified atom stereocenters. The zero-order valence-electron chi connectivity index (χ0n) is 16.0. The third-order valence-electron chi connectivity index (χ3n) is 4.32. The molecule has 152 valence electrons. The van der Waals surface area contributed by atoms with Crippen molar-refractivity contribution in [2.24, 2.45) is 0 Å². The predicted octanol–water partition coefficient (Wildman–Crippen LogP) is 2.83. The van der Waals surface area contributed by atoms with Crippen LogP contribution in [0.3, 0.4) is 0 Å². The van der Waals surface area contributed by atoms with Crippen molar-refractivity contribution in [3.8, 4) is 11.5 Å². The number of thioether (sulfide) groups is 1. The number of benzene rings is 1. The average Bonchev–Trinajstić information content (AvgIpc) is 3.40. The highest BCUT2D eigenvalue weighted by atomic mass is 32.2. The van der Waals surface area contributed by atoms with Crippen molar-refractivity contribution in [1.82, 2.24) is 19.7 Å². The van der Waals surface area contributed by atoms with Gasteiger partial charge in [-0.2, -0.15) is 16.9 Å². The molecule has 3 rings (SSSR count). The Labute approximate surface area is 171 Å². The monoisotopic (exact) mass is 416 g/mol. The summed E-state index contributed by atoms with van der Waals surface area (Å²) in [7, 11) is 1.28. The van der Waals surface area contributed by atoms with Gasteiger partial charge in [0.25, 0.3) is 5.91 Å². The van der Waals surface area contributed by atoms with E-state index < -0.39 is 23.7 Å². The first kappa shape index (κ1) is 20.7. The molecule has 0 saturated heterocycles. The smallest absolute Gasteiger partial charge is 0.328 e. The highest BCUT2D eigenvalue weighted by Gasteiger charge is 2.26. The Kier molecular flexibility index (Phi) is 6.71. The van der Waals surface area contributed by atoms with Crippen LogP contribution in [0.4, 0.5) is 4.39 Å². The lowest BCUT2D eigenvalue weighted by atomic mass is 10.2. The third kappa shape index (κ3) is 4.51. The molecule has 1 amide bonds. The summed E-state index contributed by atoms with van der Waals surface area (Å²) >= 11 is 1.56. The Balaban J connectivity index is 2.00. The van der Waals surface area contributed by atoms with Crippen LogP contribution in [-0.2, 0) is 9.53 Å². The number of aromatic nitrogens is 3. The second-order valence-corrected chi connectivity index (χ2v) is 7.15. The molecular weight excluding hydrogens is 395 g/mol. The van der Waals surface area contributed by atoms with Gasteiger partial charge in [0.15, 0.2) is 5.82 Å². The van der Waals surface area contributed by atoms with E-state index in [2.05, 4.69) is 10.4 Å². The fourth-order valence-electron chi connectivity index (χ4n) is 2.89. The van der Waals surface area contributed by atoms with E-state index in [4.69, 9.17) is 4.74 Å². The second-order valence-electron chi connectivity index (χ2n) is 6.17. The summed E-state index contributed by atoms with van der Waals surface area (Å²) < 4.78 is 22.2. The van der Waals surface area contributed by atoms with E-state index in [1.54, 1.807) is 59.1 Å². The molecule has 0 aliphatic carbocycles. The van der Waals surface area contributed by atoms with Crippen molar-refractivity contribution in [1.29, 1.82) is 0 Å². The molecule has 0 radical (unpaired) electrons. The van der Waals surface area contributed by atoms with E-state index in [1.807, 2.05) is 6.26 Å². The van der Waals surface area contributed by atoms with Crippen molar-refractivity contribution < 1.29 is 18.7 Å². The molecule has 3 aromatic rings. The van der Waals surface area contributed by atoms with Gasteiger partial charge in [-0.1, -0.05) is 12.1 Å². The van der Waals surface area contributed by atoms with Gasteiger partial charge in [0, 0.05) is 12.4 Å². The molecule has 9 heteroatoms. The SMILES string of the molecule is COC(=O)C(CCSC)NC(=O)c1cnn(-c2ccccc2F)c1-n1cccc1. The molecule has 2 aromatic heterocycles. The molecule has 1 aromatic carbocycles. The number of ether oxygens (including phenoxy) is 1. The van der Waals surface area contributed by atoms with Gasteiger partial charge in [0.1, 0.15) is 23.1 Å². The number of rotatable bonds is 8. The van der Waals surface area contributed by atoms with Crippen LogP contribution in [0.2, 0.25) is 0 Å². The number of hydrogen-bond donors (Lipinski definition) is 1. The summed E-state index contributed by atoms with van der Waals surface area (Å²) in [6, 6.07) is 8.96. The number of methoxy groups -OCH3 is 1. The normalized spacial score (nSPS) is 11.8. The average molecular weight is 416 g/mol. The van der Waals surface area contributed by atoms with Crippen molar-refractivity contribution >= 4 is 23.6 Å². The van der Waals surface area contributed by atoms with E-state index >= 15 is 0 Å². The van der Waals surface area contributed by atoms with Gasteiger partial charge in [0.2, 0.25) is 0 Å². The molecule has 0 fully saturated rings. The number of esters is 1. The number of amides is 1. The summed E-state index contributed by atoms with van der Waals surface area (Å²) in [4.78, 5) is 25.0. The zero-order chi connectivity index (χ0) is 20.8. The fraction of sp³-hybridized carbons (Fsp3) is 0.250. The van der Waals surface area contributed by atoms with Crippen LogP contribution in [-0.4, -0.2) is 51.4 Å². The first-order chi connectivity index (χ1) is 14.1. The number of para-hydroxylation sites is 1. The topological polar surface area (TPSA) is 78.2 Å². The van der Waals surface area contributed by atoms with E-state index in [1.165, 1.54) is 24.1 Å². The molecule has 0 aliphatic rings. The van der Waals surface area contributed by atoms with Gasteiger partial charge in [-0.15, -0.1) is 0 Å². The fourth-order valence-corrected chi connectivity index (χ4v) is 3.36. The van der Waals surface area contributed by atoms with Gasteiger partial charge in [-0.3, -0.25) is 4.79 Å². The van der Waals surface area contributed by atoms with Crippen LogP contribution >= 0.6 is 11.8 Å². The van der Waals surface area contributed by atoms with Crippen LogP contribution < -0.4 is 5.32 Å². The van der Waals surface area contributed by atoms with Crippen molar-refractivity contribution in [3.05, 3.63) is 66.4 Å². The summed E-state index contributed by atoms with van der Waals surface area (Å²) in [6.07, 6.45) is 7.17. The molecule has 1 atom stereocenters. The quantitative estimate of drug-likeness (QED) is 0.572. The summed E-state index contributed by atoms with van der Waals surface area (Å²) in [6.45, 7) is 0. The Bertz CT molecular complexity index is 988. The summed E-state index contributed by atoms with van der Waals surface area (Å²) in [5.74, 6) is -0.433. The van der Waals surface area contributed by atoms with Crippen molar-refractivity contribution in [3.63, 3.8) is 0 Å². The van der Waals surface area contributed by atoms with E-state index in [0.29, 0.717) is 18.0 Å². The first-order valence-corrected chi connectivity index (χ1v) is 10.3. The van der Waals surface area contributed by atoms with Gasteiger partial charge < -0.3 is 14.6 Å². The number of carbonyl (C=O) groups excluding carboxylic acids is 2. The molecule has 2 heterocycles. The lowest BCUT2D eigenvalue weighted by Gasteiger charge is -2.17. The number of carbonyl (C=O) groups is 2. The Morgan fingerprint density at radius 2 is 1.97 bits per heavy atom. The number of halogens is 1. The predicted molar refractivity (Wildman–Crippen MR) is 109 cm³/mol. The van der Waals surface area contributed by atoms with Gasteiger partial charge >= 0.3 is 5.97 Å². The van der Waals surface area contributed by atoms with Gasteiger partial charge in [0.05, 0.1) is 13.3 Å². The largest absolute Gasteiger partial charge is 0.467 e. The maximum Gasteiger partial charge on any atom is 0.328 e. The zero-order valence-corrected chi connectivity index (χ0v) is 16.9. The first-order valence-electron chi connectivity index (χ1n) is 8.90. The number of hydrogen-bond acceptors (Lipinski definition) is 5. The van der Waals surface area contributed by atoms with Crippen LogP contribution in [0.5, 0.6) is 0 Å². The molecule has 1 N–H and O–H groups in total. The van der Waals surface area contributed by atoms with Gasteiger partial charge in [-0.25, -0.2) is 13.9 Å². The van der Waals surface area contributed by atoms with E-state index in [9.17, 15) is 14.0 Å². The lowest BCUT2D eigenvalue weighted by molar-refractivity contribution is -0.142. The Hall–Kier alpha value is -3.07. The maximum absolute atomic E-state index is 14.4. The minimum atomic E-state index is -0.783. The maximum atomic E-state index is 14.4. The minimum absolute atomic E-state index is 0.210. The second kappa shape index (κ2) is 9.42. The van der Waals surface area contributed by atoms with Crippen LogP contribution in [0.15, 0.2) is 55.0 Å². The third-order valence-corrected chi connectivity index (χ3v) is 4.96. The molecule has 0 aliphatic heterocycles. The van der Waals surface area contributed by atoms with E-state index in [0.717, 1.165) is 0 Å². The van der Waals surface area contributed by atoms with Gasteiger partial charge in [-0.05, 0) is 42.7 Å². The van der Waals surface area contributed by atoms with Crippen molar-refractivity contribution in [2.75, 3.05) is 19.1 Å². The van der Waals surface area contributed by atoms with E-state index in [-0.39, 0.29) is 11.3 Å². The molecule has 0 spiro atoms. The molecular formula is C20H21FN4O3S. The molecule has 0 bridgehead atoms. The summed E-state index contributed by atoms with van der Waals surface area (Å²) in [5.41, 5.74) is 0.421. The summed E-state index contributed by atoms with van der Waals surface area (Å²) in [5, 5.41) is 6.95. The number of nitrogens with zero attached hydrogens (tertiary/aromatic N) is 3. The van der Waals surface area contributed by atoms with Crippen LogP contribution in [0.25, 0.3) is 11.5 Å². The molecule has 0 saturated carbocycles. The molecule has 29 heavy (non-hydrogen) atoms. The highest BCUT2D eigenvalue weighted by Crippen LogP contribution is 2.22. The Morgan fingerprint density at radius 1 is 1.24 bits per heavy atom. The lowest BCUT2D eigenvalue weighted by Crippen LogP contribution is -2.42. The molecule has 7 nitrogen and oxygen atoms in total. The standard InChI is InChI=1S/C20H21FN4O3S/c1-28-20(27)16(9-12-29-2)23-18(26)14-13-22-25(17-8-4-3-7-15(17)21)19(14)24-10-5-6-11-24/h3-8,10-11,13,16H,9,12H2,1-2H3,(H,23,26). The highest BCUT2D eigenvalue weighted by molar-refractivity contribution is 7.98. The van der Waals surface area contributed by atoms with Crippen LogP contribution in [0, 0.1) is 5.82 Å².